The molecule has 0 spiro atoms. The first-order valence-corrected chi connectivity index (χ1v) is 7.06. The highest BCUT2D eigenvalue weighted by molar-refractivity contribution is 7.99. The number of pyridine rings is 1. The van der Waals surface area contributed by atoms with Crippen LogP contribution in [-0.4, -0.2) is 11.2 Å². The van der Waals surface area contributed by atoms with Crippen LogP contribution in [0.5, 0.6) is 0 Å². The summed E-state index contributed by atoms with van der Waals surface area (Å²) in [5, 5.41) is 1.04. The van der Waals surface area contributed by atoms with Crippen LogP contribution >= 0.6 is 23.5 Å². The molecule has 1 aromatic carbocycles. The lowest BCUT2D eigenvalue weighted by atomic mass is 10.3. The zero-order chi connectivity index (χ0) is 11.4. The highest BCUT2D eigenvalue weighted by Gasteiger charge is 1.98. The fourth-order valence-electron chi connectivity index (χ4n) is 1.28. The molecule has 0 atom stereocenters. The Morgan fingerprint density at radius 1 is 0.938 bits per heavy atom. The summed E-state index contributed by atoms with van der Waals surface area (Å²) in [6, 6.07) is 12.7. The average Bonchev–Trinajstić information content (AvgIpc) is 2.33. The number of rotatable bonds is 3. The van der Waals surface area contributed by atoms with Gasteiger partial charge in [0.25, 0.3) is 0 Å². The van der Waals surface area contributed by atoms with E-state index in [-0.39, 0.29) is 0 Å². The van der Waals surface area contributed by atoms with Gasteiger partial charge >= 0.3 is 0 Å². The Morgan fingerprint density at radius 3 is 2.19 bits per heavy atom. The minimum Gasteiger partial charge on any atom is -0.249 e. The van der Waals surface area contributed by atoms with Gasteiger partial charge in [-0.3, -0.25) is 0 Å². The van der Waals surface area contributed by atoms with E-state index in [1.807, 2.05) is 6.20 Å². The smallest absolute Gasteiger partial charge is 0.101 e. The summed E-state index contributed by atoms with van der Waals surface area (Å²) in [6.45, 7) is 2.05. The lowest BCUT2D eigenvalue weighted by molar-refractivity contribution is 1.11. The van der Waals surface area contributed by atoms with Crippen LogP contribution in [0.2, 0.25) is 0 Å². The van der Waals surface area contributed by atoms with Crippen LogP contribution in [0.1, 0.15) is 5.56 Å². The van der Waals surface area contributed by atoms with E-state index in [0.29, 0.717) is 0 Å². The normalized spacial score (nSPS) is 10.4. The van der Waals surface area contributed by atoms with Crippen LogP contribution in [0.4, 0.5) is 0 Å². The summed E-state index contributed by atoms with van der Waals surface area (Å²) in [7, 11) is 0. The molecule has 0 unspecified atom stereocenters. The summed E-state index contributed by atoms with van der Waals surface area (Å²) in [4.78, 5) is 6.90. The van der Waals surface area contributed by atoms with Crippen molar-refractivity contribution in [2.75, 3.05) is 6.26 Å². The quantitative estimate of drug-likeness (QED) is 0.752. The van der Waals surface area contributed by atoms with E-state index < -0.39 is 0 Å². The first kappa shape index (κ1) is 11.6. The summed E-state index contributed by atoms with van der Waals surface area (Å²) in [6.07, 6.45) is 3.99. The maximum atomic E-state index is 4.37. The minimum absolute atomic E-state index is 1.04. The van der Waals surface area contributed by atoms with Gasteiger partial charge in [-0.05, 0) is 49.1 Å². The van der Waals surface area contributed by atoms with E-state index >= 15 is 0 Å². The molecular formula is C13H13NS2. The van der Waals surface area contributed by atoms with E-state index in [1.165, 1.54) is 15.4 Å². The Balaban J connectivity index is 2.11. The van der Waals surface area contributed by atoms with Crippen molar-refractivity contribution in [3.8, 4) is 0 Å². The highest BCUT2D eigenvalue weighted by Crippen LogP contribution is 2.27. The second-order valence-electron chi connectivity index (χ2n) is 3.45. The van der Waals surface area contributed by atoms with Crippen molar-refractivity contribution in [3.63, 3.8) is 0 Å². The Hall–Kier alpha value is -0.930. The Bertz CT molecular complexity index is 448. The second-order valence-corrected chi connectivity index (χ2v) is 5.42. The molecule has 1 nitrogen and oxygen atoms in total. The van der Waals surface area contributed by atoms with Crippen LogP contribution in [-0.2, 0) is 0 Å². The van der Waals surface area contributed by atoms with E-state index in [4.69, 9.17) is 0 Å². The van der Waals surface area contributed by atoms with Crippen molar-refractivity contribution in [1.29, 1.82) is 0 Å². The Kier molecular flexibility index (Phi) is 3.91. The molecule has 0 saturated carbocycles. The van der Waals surface area contributed by atoms with E-state index in [2.05, 4.69) is 54.6 Å². The van der Waals surface area contributed by atoms with Crippen molar-refractivity contribution in [2.24, 2.45) is 0 Å². The van der Waals surface area contributed by atoms with Gasteiger partial charge in [0.2, 0.25) is 0 Å². The molecule has 0 amide bonds. The second kappa shape index (κ2) is 5.41. The SMILES string of the molecule is CSc1ccc(Sc2ccc(C)cn2)cc1. The maximum Gasteiger partial charge on any atom is 0.101 e. The number of nitrogens with zero attached hydrogens (tertiary/aromatic N) is 1. The zero-order valence-electron chi connectivity index (χ0n) is 9.31. The molecular weight excluding hydrogens is 234 g/mol. The van der Waals surface area contributed by atoms with Gasteiger partial charge in [-0.1, -0.05) is 17.8 Å². The molecule has 2 aromatic rings. The number of benzene rings is 1. The monoisotopic (exact) mass is 247 g/mol. The molecule has 1 aromatic heterocycles. The first-order valence-electron chi connectivity index (χ1n) is 5.02. The summed E-state index contributed by atoms with van der Waals surface area (Å²) in [5.41, 5.74) is 1.20. The number of hydrogen-bond acceptors (Lipinski definition) is 3. The Labute approximate surface area is 105 Å². The minimum atomic E-state index is 1.04. The molecule has 1 heterocycles. The zero-order valence-corrected chi connectivity index (χ0v) is 10.9. The van der Waals surface area contributed by atoms with Crippen molar-refractivity contribution < 1.29 is 0 Å². The lowest BCUT2D eigenvalue weighted by Crippen LogP contribution is -1.80. The molecule has 16 heavy (non-hydrogen) atoms. The highest BCUT2D eigenvalue weighted by atomic mass is 32.2. The third kappa shape index (κ3) is 3.03. The third-order valence-corrected chi connectivity index (χ3v) is 3.87. The summed E-state index contributed by atoms with van der Waals surface area (Å²) < 4.78 is 0. The summed E-state index contributed by atoms with van der Waals surface area (Å²) >= 11 is 3.46. The number of thioether (sulfide) groups is 1. The number of hydrogen-bond donors (Lipinski definition) is 0. The van der Waals surface area contributed by atoms with Crippen molar-refractivity contribution >= 4 is 23.5 Å². The fraction of sp³-hybridized carbons (Fsp3) is 0.154. The van der Waals surface area contributed by atoms with Crippen molar-refractivity contribution in [2.45, 2.75) is 21.7 Å². The van der Waals surface area contributed by atoms with Crippen LogP contribution < -0.4 is 0 Å². The number of aryl methyl sites for hydroxylation is 1. The predicted octanol–water partition coefficient (Wildman–Crippen LogP) is 4.26. The molecule has 0 bridgehead atoms. The molecule has 0 radical (unpaired) electrons. The molecule has 0 saturated heterocycles. The van der Waals surface area contributed by atoms with Gasteiger partial charge in [-0.2, -0.15) is 0 Å². The van der Waals surface area contributed by atoms with Gasteiger partial charge in [0.15, 0.2) is 0 Å². The van der Waals surface area contributed by atoms with E-state index in [0.717, 1.165) is 5.03 Å². The molecule has 0 aliphatic carbocycles. The Morgan fingerprint density at radius 2 is 1.62 bits per heavy atom. The predicted molar refractivity (Wildman–Crippen MR) is 71.3 cm³/mol. The fourth-order valence-corrected chi connectivity index (χ4v) is 2.44. The van der Waals surface area contributed by atoms with E-state index in [9.17, 15) is 0 Å². The first-order chi connectivity index (χ1) is 7.78. The van der Waals surface area contributed by atoms with Crippen molar-refractivity contribution in [1.82, 2.24) is 4.98 Å². The van der Waals surface area contributed by atoms with Crippen LogP contribution in [0.25, 0.3) is 0 Å². The number of aromatic nitrogens is 1. The van der Waals surface area contributed by atoms with Gasteiger partial charge in [-0.15, -0.1) is 11.8 Å². The van der Waals surface area contributed by atoms with Crippen molar-refractivity contribution in [3.05, 3.63) is 48.2 Å². The maximum absolute atomic E-state index is 4.37. The topological polar surface area (TPSA) is 12.9 Å². The molecule has 0 N–H and O–H groups in total. The molecule has 0 aliphatic rings. The lowest BCUT2D eigenvalue weighted by Gasteiger charge is -2.02. The van der Waals surface area contributed by atoms with Gasteiger partial charge in [0, 0.05) is 16.0 Å². The molecule has 3 heteroatoms. The van der Waals surface area contributed by atoms with Crippen LogP contribution in [0, 0.1) is 6.92 Å². The van der Waals surface area contributed by atoms with Gasteiger partial charge in [-0.25, -0.2) is 4.98 Å². The van der Waals surface area contributed by atoms with Crippen LogP contribution in [0.15, 0.2) is 57.4 Å². The third-order valence-electron chi connectivity index (χ3n) is 2.17. The van der Waals surface area contributed by atoms with Gasteiger partial charge < -0.3 is 0 Å². The molecule has 0 aliphatic heterocycles. The molecule has 0 fully saturated rings. The summed E-state index contributed by atoms with van der Waals surface area (Å²) in [5.74, 6) is 0. The van der Waals surface area contributed by atoms with E-state index in [1.54, 1.807) is 23.5 Å². The standard InChI is InChI=1S/C13H13NS2/c1-10-3-8-13(14-9-10)16-12-6-4-11(15-2)5-7-12/h3-9H,1-2H3. The van der Waals surface area contributed by atoms with Gasteiger partial charge in [0.05, 0.1) is 0 Å². The molecule has 82 valence electrons. The van der Waals surface area contributed by atoms with Crippen LogP contribution in [0.3, 0.4) is 0 Å². The van der Waals surface area contributed by atoms with Gasteiger partial charge in [0.1, 0.15) is 5.03 Å². The average molecular weight is 247 g/mol. The largest absolute Gasteiger partial charge is 0.249 e. The molecule has 2 rings (SSSR count).